The minimum atomic E-state index is -3.96. The molecule has 1 aromatic rings. The maximum Gasteiger partial charge on any atom is 0.325 e. The van der Waals surface area contributed by atoms with Crippen LogP contribution in [0.2, 0.25) is 0 Å². The quantitative estimate of drug-likeness (QED) is 0.798. The molecule has 1 N–H and O–H groups in total. The largest absolute Gasteiger partial charge is 0.497 e. The van der Waals surface area contributed by atoms with Gasteiger partial charge in [-0.25, -0.2) is 8.42 Å². The van der Waals surface area contributed by atoms with Crippen LogP contribution in [0, 0.1) is 0 Å². The van der Waals surface area contributed by atoms with Gasteiger partial charge in [0.15, 0.2) is 14.6 Å². The molecule has 118 valence electrons. The van der Waals surface area contributed by atoms with Crippen molar-refractivity contribution in [3.05, 3.63) is 24.3 Å². The van der Waals surface area contributed by atoms with Gasteiger partial charge in [0.05, 0.1) is 12.0 Å². The van der Waals surface area contributed by atoms with Gasteiger partial charge in [0.25, 0.3) is 0 Å². The molecule has 0 saturated carbocycles. The number of carboxylic acid groups (broad SMARTS) is 1. The Morgan fingerprint density at radius 2 is 1.81 bits per heavy atom. The Labute approximate surface area is 125 Å². The molecule has 0 aliphatic carbocycles. The van der Waals surface area contributed by atoms with Crippen molar-refractivity contribution in [2.45, 2.75) is 49.2 Å². The number of unbranched alkanes of at least 4 members (excludes halogenated alkanes) is 1. The summed E-state index contributed by atoms with van der Waals surface area (Å²) in [4.78, 5) is 11.7. The monoisotopic (exact) mass is 314 g/mol. The smallest absolute Gasteiger partial charge is 0.325 e. The molecule has 6 heteroatoms. The third-order valence-electron chi connectivity index (χ3n) is 3.78. The lowest BCUT2D eigenvalue weighted by molar-refractivity contribution is -0.140. The van der Waals surface area contributed by atoms with E-state index in [1.165, 1.54) is 31.4 Å². The summed E-state index contributed by atoms with van der Waals surface area (Å²) in [6, 6.07) is 5.84. The first-order chi connectivity index (χ1) is 9.85. The molecule has 1 unspecified atom stereocenters. The molecule has 0 fully saturated rings. The highest BCUT2D eigenvalue weighted by molar-refractivity contribution is 7.93. The van der Waals surface area contributed by atoms with Crippen LogP contribution >= 0.6 is 0 Å². The van der Waals surface area contributed by atoms with E-state index in [0.29, 0.717) is 12.2 Å². The van der Waals surface area contributed by atoms with Gasteiger partial charge in [-0.1, -0.05) is 26.7 Å². The van der Waals surface area contributed by atoms with Gasteiger partial charge in [-0.2, -0.15) is 0 Å². The predicted octanol–water partition coefficient (Wildman–Crippen LogP) is 2.89. The summed E-state index contributed by atoms with van der Waals surface area (Å²) >= 11 is 0. The summed E-state index contributed by atoms with van der Waals surface area (Å²) < 4.78 is 28.9. The molecule has 1 rings (SSSR count). The second-order valence-corrected chi connectivity index (χ2v) is 7.20. The summed E-state index contributed by atoms with van der Waals surface area (Å²) in [6.45, 7) is 3.51. The molecule has 21 heavy (non-hydrogen) atoms. The third-order valence-corrected chi connectivity index (χ3v) is 6.37. The number of methoxy groups -OCH3 is 1. The normalized spacial score (nSPS) is 14.4. The fourth-order valence-corrected chi connectivity index (χ4v) is 4.29. The van der Waals surface area contributed by atoms with Crippen LogP contribution < -0.4 is 4.74 Å². The third kappa shape index (κ3) is 3.20. The van der Waals surface area contributed by atoms with E-state index in [1.54, 1.807) is 6.92 Å². The average molecular weight is 314 g/mol. The molecule has 0 aliphatic heterocycles. The van der Waals surface area contributed by atoms with E-state index in [4.69, 9.17) is 4.74 Å². The van der Waals surface area contributed by atoms with E-state index < -0.39 is 20.6 Å². The molecule has 0 amide bonds. The Morgan fingerprint density at radius 3 is 2.19 bits per heavy atom. The maximum atomic E-state index is 12.8. The zero-order valence-electron chi connectivity index (χ0n) is 12.6. The van der Waals surface area contributed by atoms with Crippen molar-refractivity contribution >= 4 is 15.8 Å². The van der Waals surface area contributed by atoms with Crippen LogP contribution in [0.1, 0.15) is 39.5 Å². The number of carboxylic acids is 1. The number of carbonyl (C=O) groups is 1. The van der Waals surface area contributed by atoms with Crippen molar-refractivity contribution in [3.63, 3.8) is 0 Å². The van der Waals surface area contributed by atoms with Crippen molar-refractivity contribution < 1.29 is 23.1 Å². The van der Waals surface area contributed by atoms with Crippen LogP contribution in [0.25, 0.3) is 0 Å². The van der Waals surface area contributed by atoms with Crippen molar-refractivity contribution in [2.75, 3.05) is 7.11 Å². The SMILES string of the molecule is CCCCC(CC)(C(=O)O)S(=O)(=O)c1ccc(OC)cc1. The topological polar surface area (TPSA) is 80.7 Å². The van der Waals surface area contributed by atoms with Gasteiger partial charge in [0.1, 0.15) is 5.75 Å². The lowest BCUT2D eigenvalue weighted by Crippen LogP contribution is -2.46. The summed E-state index contributed by atoms with van der Waals surface area (Å²) in [7, 11) is -2.48. The van der Waals surface area contributed by atoms with Crippen LogP contribution in [0.4, 0.5) is 0 Å². The van der Waals surface area contributed by atoms with Crippen LogP contribution in [-0.4, -0.2) is 31.4 Å². The number of sulfone groups is 1. The first-order valence-corrected chi connectivity index (χ1v) is 8.46. The van der Waals surface area contributed by atoms with E-state index in [1.807, 2.05) is 6.92 Å². The molecular formula is C15H22O5S. The molecule has 0 heterocycles. The van der Waals surface area contributed by atoms with E-state index in [9.17, 15) is 18.3 Å². The second kappa shape index (κ2) is 6.93. The van der Waals surface area contributed by atoms with Gasteiger partial charge in [0, 0.05) is 0 Å². The summed E-state index contributed by atoms with van der Waals surface area (Å²) in [6.07, 6.45) is 1.45. The molecule has 0 aromatic heterocycles. The number of hydrogen-bond donors (Lipinski definition) is 1. The highest BCUT2D eigenvalue weighted by atomic mass is 32.2. The Hall–Kier alpha value is -1.56. The number of rotatable bonds is 8. The Bertz CT molecular complexity index is 577. The first kappa shape index (κ1) is 17.5. The number of benzene rings is 1. The zero-order valence-corrected chi connectivity index (χ0v) is 13.4. The second-order valence-electron chi connectivity index (χ2n) is 4.94. The summed E-state index contributed by atoms with van der Waals surface area (Å²) in [5, 5.41) is 9.54. The average Bonchev–Trinajstić information content (AvgIpc) is 2.48. The number of ether oxygens (including phenoxy) is 1. The standard InChI is InChI=1S/C15H22O5S/c1-4-6-11-15(5-2,14(16)17)21(18,19)13-9-7-12(20-3)8-10-13/h7-10H,4-6,11H2,1-3H3,(H,16,17). The fraction of sp³-hybridized carbons (Fsp3) is 0.533. The number of hydrogen-bond acceptors (Lipinski definition) is 4. The Kier molecular flexibility index (Phi) is 5.78. The van der Waals surface area contributed by atoms with Gasteiger partial charge in [-0.05, 0) is 37.1 Å². The molecule has 0 bridgehead atoms. The summed E-state index contributed by atoms with van der Waals surface area (Å²) in [5.41, 5.74) is 0. The van der Waals surface area contributed by atoms with Crippen molar-refractivity contribution in [1.82, 2.24) is 0 Å². The molecule has 0 radical (unpaired) electrons. The van der Waals surface area contributed by atoms with Crippen LogP contribution in [-0.2, 0) is 14.6 Å². The molecule has 0 saturated heterocycles. The van der Waals surface area contributed by atoms with Gasteiger partial charge in [-0.15, -0.1) is 0 Å². The minimum absolute atomic E-state index is 0.0173. The summed E-state index contributed by atoms with van der Waals surface area (Å²) in [5.74, 6) is -0.755. The van der Waals surface area contributed by atoms with E-state index >= 15 is 0 Å². The highest BCUT2D eigenvalue weighted by Gasteiger charge is 2.49. The molecule has 0 aliphatic rings. The Morgan fingerprint density at radius 1 is 1.24 bits per heavy atom. The maximum absolute atomic E-state index is 12.8. The molecule has 0 spiro atoms. The fourth-order valence-electron chi connectivity index (χ4n) is 2.32. The van der Waals surface area contributed by atoms with Gasteiger partial charge < -0.3 is 9.84 Å². The number of aliphatic carboxylic acids is 1. The lowest BCUT2D eigenvalue weighted by Gasteiger charge is -2.28. The van der Waals surface area contributed by atoms with Gasteiger partial charge in [-0.3, -0.25) is 4.79 Å². The van der Waals surface area contributed by atoms with Gasteiger partial charge >= 0.3 is 5.97 Å². The van der Waals surface area contributed by atoms with Crippen molar-refractivity contribution in [2.24, 2.45) is 0 Å². The van der Waals surface area contributed by atoms with Gasteiger partial charge in [0.2, 0.25) is 0 Å². The van der Waals surface area contributed by atoms with E-state index in [2.05, 4.69) is 0 Å². The van der Waals surface area contributed by atoms with Crippen LogP contribution in [0.3, 0.4) is 0 Å². The Balaban J connectivity index is 3.35. The highest BCUT2D eigenvalue weighted by Crippen LogP contribution is 2.34. The molecule has 1 atom stereocenters. The minimum Gasteiger partial charge on any atom is -0.497 e. The van der Waals surface area contributed by atoms with Crippen molar-refractivity contribution in [3.8, 4) is 5.75 Å². The molecule has 5 nitrogen and oxygen atoms in total. The lowest BCUT2D eigenvalue weighted by atomic mass is 9.98. The predicted molar refractivity (Wildman–Crippen MR) is 80.4 cm³/mol. The zero-order chi connectivity index (χ0) is 16.1. The first-order valence-electron chi connectivity index (χ1n) is 6.97. The van der Waals surface area contributed by atoms with Crippen LogP contribution in [0.5, 0.6) is 5.75 Å². The van der Waals surface area contributed by atoms with E-state index in [-0.39, 0.29) is 17.7 Å². The van der Waals surface area contributed by atoms with Crippen molar-refractivity contribution in [1.29, 1.82) is 0 Å². The molecular weight excluding hydrogens is 292 g/mol. The van der Waals surface area contributed by atoms with Crippen LogP contribution in [0.15, 0.2) is 29.2 Å². The van der Waals surface area contributed by atoms with E-state index in [0.717, 1.165) is 6.42 Å². The molecule has 1 aromatic carbocycles.